The minimum Gasteiger partial charge on any atom is -0.370 e. The largest absolute Gasteiger partial charge is 0.370 e. The first-order chi connectivity index (χ1) is 5.16. The molecule has 0 fully saturated rings. The van der Waals surface area contributed by atoms with E-state index in [0.29, 0.717) is 13.0 Å². The van der Waals surface area contributed by atoms with Crippen molar-refractivity contribution in [1.29, 1.82) is 0 Å². The molecule has 4 heteroatoms. The lowest BCUT2D eigenvalue weighted by molar-refractivity contribution is -0.119. The number of amides is 2. The Hall–Kier alpha value is -1.50. The van der Waals surface area contributed by atoms with E-state index in [1.165, 1.54) is 0 Å². The van der Waals surface area contributed by atoms with Crippen molar-refractivity contribution in [2.24, 2.45) is 5.73 Å². The van der Waals surface area contributed by atoms with E-state index in [1.54, 1.807) is 0 Å². The van der Waals surface area contributed by atoms with Gasteiger partial charge < -0.3 is 11.1 Å². The van der Waals surface area contributed by atoms with E-state index in [2.05, 4.69) is 5.32 Å². The summed E-state index contributed by atoms with van der Waals surface area (Å²) in [7, 11) is 0. The molecule has 0 saturated carbocycles. The Bertz CT molecular complexity index is 193. The molecule has 0 heterocycles. The fourth-order valence-electron chi connectivity index (χ4n) is 0.516. The smallest absolute Gasteiger partial charge is 0.295 e. The molecular formula is C7H10N2O2. The lowest BCUT2D eigenvalue weighted by Crippen LogP contribution is -2.23. The number of carbonyl (C=O) groups is 2. The minimum atomic E-state index is -0.463. The first kappa shape index (κ1) is 9.50. The number of primary amides is 1. The van der Waals surface area contributed by atoms with Crippen LogP contribution in [0, 0.1) is 12.3 Å². The van der Waals surface area contributed by atoms with Gasteiger partial charge in [0.05, 0.1) is 0 Å². The van der Waals surface area contributed by atoms with Gasteiger partial charge in [0.1, 0.15) is 0 Å². The Morgan fingerprint density at radius 2 is 2.18 bits per heavy atom. The Morgan fingerprint density at radius 1 is 1.55 bits per heavy atom. The molecule has 2 amide bonds. The van der Waals surface area contributed by atoms with Gasteiger partial charge in [-0.05, 0) is 12.3 Å². The Kier molecular flexibility index (Phi) is 4.58. The van der Waals surface area contributed by atoms with Crippen LogP contribution in [-0.4, -0.2) is 18.4 Å². The summed E-state index contributed by atoms with van der Waals surface area (Å²) in [4.78, 5) is 20.6. The van der Waals surface area contributed by atoms with Gasteiger partial charge in [-0.3, -0.25) is 9.59 Å². The maximum absolute atomic E-state index is 10.4. The third-order valence-electron chi connectivity index (χ3n) is 1.02. The van der Waals surface area contributed by atoms with Gasteiger partial charge in [0, 0.05) is 13.0 Å². The molecule has 0 aromatic rings. The molecule has 0 atom stereocenters. The minimum absolute atomic E-state index is 0.269. The Morgan fingerprint density at radius 3 is 2.64 bits per heavy atom. The summed E-state index contributed by atoms with van der Waals surface area (Å²) in [5.41, 5.74) is 4.85. The SMILES string of the molecule is C#CC(=O)NCCCC(N)=O. The number of rotatable bonds is 4. The maximum atomic E-state index is 10.4. The van der Waals surface area contributed by atoms with Crippen LogP contribution < -0.4 is 11.1 Å². The molecule has 4 nitrogen and oxygen atoms in total. The molecule has 0 unspecified atom stereocenters. The molecule has 0 aromatic carbocycles. The van der Waals surface area contributed by atoms with Gasteiger partial charge in [-0.2, -0.15) is 0 Å². The number of hydrogen-bond donors (Lipinski definition) is 2. The number of nitrogens with two attached hydrogens (primary N) is 1. The van der Waals surface area contributed by atoms with E-state index in [9.17, 15) is 9.59 Å². The monoisotopic (exact) mass is 154 g/mol. The molecular weight excluding hydrogens is 144 g/mol. The van der Waals surface area contributed by atoms with Gasteiger partial charge >= 0.3 is 0 Å². The van der Waals surface area contributed by atoms with Crippen LogP contribution >= 0.6 is 0 Å². The normalized spacial score (nSPS) is 8.27. The predicted molar refractivity (Wildman–Crippen MR) is 40.3 cm³/mol. The molecule has 60 valence electrons. The van der Waals surface area contributed by atoms with E-state index in [1.807, 2.05) is 5.92 Å². The summed E-state index contributed by atoms with van der Waals surface area (Å²) in [5, 5.41) is 2.40. The molecule has 0 bridgehead atoms. The van der Waals surface area contributed by atoms with Crippen LogP contribution in [0.4, 0.5) is 0 Å². The predicted octanol–water partition coefficient (Wildman–Crippen LogP) is -0.999. The lowest BCUT2D eigenvalue weighted by atomic mass is 10.3. The zero-order valence-corrected chi connectivity index (χ0v) is 6.09. The highest BCUT2D eigenvalue weighted by Gasteiger charge is 1.95. The lowest BCUT2D eigenvalue weighted by Gasteiger charge is -1.97. The molecule has 3 N–H and O–H groups in total. The molecule has 11 heavy (non-hydrogen) atoms. The highest BCUT2D eigenvalue weighted by Crippen LogP contribution is 1.83. The zero-order valence-electron chi connectivity index (χ0n) is 6.09. The van der Waals surface area contributed by atoms with Crippen molar-refractivity contribution >= 4 is 11.8 Å². The molecule has 0 spiro atoms. The van der Waals surface area contributed by atoms with Crippen molar-refractivity contribution in [3.05, 3.63) is 0 Å². The molecule has 0 aliphatic carbocycles. The summed E-state index contributed by atoms with van der Waals surface area (Å²) < 4.78 is 0. The summed E-state index contributed by atoms with van der Waals surface area (Å²) in [6.07, 6.45) is 5.56. The average Bonchev–Trinajstić information content (AvgIpc) is 1.97. The standard InChI is InChI=1S/C7H10N2O2/c1-2-7(11)9-5-3-4-6(8)10/h1H,3-5H2,(H2,8,10)(H,9,11). The van der Waals surface area contributed by atoms with Crippen LogP contribution in [0.2, 0.25) is 0 Å². The van der Waals surface area contributed by atoms with Crippen LogP contribution in [0.5, 0.6) is 0 Å². The maximum Gasteiger partial charge on any atom is 0.295 e. The second-order valence-electron chi connectivity index (χ2n) is 1.97. The number of carbonyl (C=O) groups excluding carboxylic acids is 2. The topological polar surface area (TPSA) is 72.2 Å². The van der Waals surface area contributed by atoms with E-state index in [-0.39, 0.29) is 12.3 Å². The summed E-state index contributed by atoms with van der Waals surface area (Å²) in [5.74, 6) is 1.05. The second kappa shape index (κ2) is 5.30. The van der Waals surface area contributed by atoms with Gasteiger partial charge in [-0.15, -0.1) is 6.42 Å². The summed E-state index contributed by atoms with van der Waals surface area (Å²) >= 11 is 0. The first-order valence-electron chi connectivity index (χ1n) is 3.19. The van der Waals surface area contributed by atoms with Crippen LogP contribution in [0.1, 0.15) is 12.8 Å². The summed E-state index contributed by atoms with van der Waals surface area (Å²) in [6, 6.07) is 0. The zero-order chi connectivity index (χ0) is 8.69. The van der Waals surface area contributed by atoms with Gasteiger partial charge in [0.2, 0.25) is 5.91 Å². The highest BCUT2D eigenvalue weighted by atomic mass is 16.1. The molecule has 0 aliphatic heterocycles. The van der Waals surface area contributed by atoms with Crippen molar-refractivity contribution < 1.29 is 9.59 Å². The number of terminal acetylenes is 1. The number of hydrogen-bond acceptors (Lipinski definition) is 2. The first-order valence-corrected chi connectivity index (χ1v) is 3.19. The van der Waals surface area contributed by atoms with Crippen molar-refractivity contribution in [3.63, 3.8) is 0 Å². The van der Waals surface area contributed by atoms with Gasteiger partial charge in [0.15, 0.2) is 0 Å². The summed E-state index contributed by atoms with van der Waals surface area (Å²) in [6.45, 7) is 0.395. The van der Waals surface area contributed by atoms with Crippen molar-refractivity contribution in [1.82, 2.24) is 5.32 Å². The van der Waals surface area contributed by atoms with E-state index < -0.39 is 5.91 Å². The van der Waals surface area contributed by atoms with Crippen LogP contribution in [-0.2, 0) is 9.59 Å². The van der Waals surface area contributed by atoms with Gasteiger partial charge in [-0.1, -0.05) is 0 Å². The molecule has 0 saturated heterocycles. The fourth-order valence-corrected chi connectivity index (χ4v) is 0.516. The van der Waals surface area contributed by atoms with Gasteiger partial charge in [-0.25, -0.2) is 0 Å². The van der Waals surface area contributed by atoms with Crippen molar-refractivity contribution in [3.8, 4) is 12.3 Å². The van der Waals surface area contributed by atoms with E-state index in [0.717, 1.165) is 0 Å². The fraction of sp³-hybridized carbons (Fsp3) is 0.429. The van der Waals surface area contributed by atoms with E-state index in [4.69, 9.17) is 12.2 Å². The molecule has 0 radical (unpaired) electrons. The second-order valence-corrected chi connectivity index (χ2v) is 1.97. The van der Waals surface area contributed by atoms with Gasteiger partial charge in [0.25, 0.3) is 5.91 Å². The highest BCUT2D eigenvalue weighted by molar-refractivity contribution is 5.92. The van der Waals surface area contributed by atoms with Crippen LogP contribution in [0.3, 0.4) is 0 Å². The van der Waals surface area contributed by atoms with E-state index >= 15 is 0 Å². The molecule has 0 rings (SSSR count). The quantitative estimate of drug-likeness (QED) is 0.402. The Labute approximate surface area is 65.1 Å². The number of nitrogens with one attached hydrogen (secondary N) is 1. The Balaban J connectivity index is 3.23. The van der Waals surface area contributed by atoms with Crippen LogP contribution in [0.25, 0.3) is 0 Å². The average molecular weight is 154 g/mol. The third-order valence-corrected chi connectivity index (χ3v) is 1.02. The molecule has 0 aliphatic rings. The van der Waals surface area contributed by atoms with Crippen LogP contribution in [0.15, 0.2) is 0 Å². The third kappa shape index (κ3) is 6.38. The van der Waals surface area contributed by atoms with Crippen molar-refractivity contribution in [2.45, 2.75) is 12.8 Å². The van der Waals surface area contributed by atoms with Crippen molar-refractivity contribution in [2.75, 3.05) is 6.54 Å². The molecule has 0 aromatic heterocycles.